The fourth-order valence-electron chi connectivity index (χ4n) is 2.67. The number of hydrogen-bond acceptors (Lipinski definition) is 3. The number of benzene rings is 1. The standard InChI is InChI=1S/C15H20ClN3O2S/c16-13-9-8-12(19(20)21)10-14(13)18-15(22)17-11-6-4-2-1-3-5-7-11/h8-11H,1-7H2,(H2,17,18,22). The van der Waals surface area contributed by atoms with Crippen molar-refractivity contribution in [3.05, 3.63) is 33.3 Å². The van der Waals surface area contributed by atoms with Crippen molar-refractivity contribution in [1.82, 2.24) is 5.32 Å². The summed E-state index contributed by atoms with van der Waals surface area (Å²) in [6.45, 7) is 0. The molecule has 7 heteroatoms. The first-order chi connectivity index (χ1) is 10.6. The molecule has 0 heterocycles. The molecule has 1 saturated carbocycles. The molecule has 0 atom stereocenters. The number of thiocarbonyl (C=S) groups is 1. The van der Waals surface area contributed by atoms with Crippen molar-refractivity contribution in [1.29, 1.82) is 0 Å². The molecule has 0 unspecified atom stereocenters. The van der Waals surface area contributed by atoms with Crippen molar-refractivity contribution in [2.45, 2.75) is 51.0 Å². The third kappa shape index (κ3) is 5.10. The highest BCUT2D eigenvalue weighted by atomic mass is 35.5. The maximum Gasteiger partial charge on any atom is 0.271 e. The number of hydrogen-bond donors (Lipinski definition) is 2. The number of non-ortho nitro benzene ring substituents is 1. The van der Waals surface area contributed by atoms with Gasteiger partial charge in [-0.25, -0.2) is 0 Å². The Morgan fingerprint density at radius 3 is 2.50 bits per heavy atom. The van der Waals surface area contributed by atoms with Crippen LogP contribution in [-0.4, -0.2) is 16.1 Å². The van der Waals surface area contributed by atoms with E-state index >= 15 is 0 Å². The Kier molecular flexibility index (Phi) is 6.39. The first-order valence-corrected chi connectivity index (χ1v) is 8.36. The van der Waals surface area contributed by atoms with Crippen LogP contribution in [0.25, 0.3) is 0 Å². The highest BCUT2D eigenvalue weighted by molar-refractivity contribution is 7.80. The number of rotatable bonds is 3. The minimum atomic E-state index is -0.452. The first-order valence-electron chi connectivity index (χ1n) is 7.58. The Bertz CT molecular complexity index is 546. The predicted octanol–water partition coefficient (Wildman–Crippen LogP) is 4.65. The van der Waals surface area contributed by atoms with Gasteiger partial charge in [0.25, 0.3) is 5.69 Å². The summed E-state index contributed by atoms with van der Waals surface area (Å²) in [5.41, 5.74) is 0.444. The molecule has 1 aromatic rings. The number of anilines is 1. The molecule has 2 rings (SSSR count). The summed E-state index contributed by atoms with van der Waals surface area (Å²) < 4.78 is 0. The zero-order chi connectivity index (χ0) is 15.9. The second kappa shape index (κ2) is 8.29. The Morgan fingerprint density at radius 2 is 1.86 bits per heavy atom. The zero-order valence-corrected chi connectivity index (χ0v) is 13.9. The Balaban J connectivity index is 1.96. The predicted molar refractivity (Wildman–Crippen MR) is 93.6 cm³/mol. The summed E-state index contributed by atoms with van der Waals surface area (Å²) >= 11 is 11.4. The third-order valence-corrected chi connectivity index (χ3v) is 4.40. The first kappa shape index (κ1) is 17.0. The van der Waals surface area contributed by atoms with Crippen molar-refractivity contribution in [2.75, 3.05) is 5.32 Å². The lowest BCUT2D eigenvalue weighted by atomic mass is 9.97. The lowest BCUT2D eigenvalue weighted by molar-refractivity contribution is -0.384. The fraction of sp³-hybridized carbons (Fsp3) is 0.533. The van der Waals surface area contributed by atoms with Gasteiger partial charge in [-0.05, 0) is 31.1 Å². The van der Waals surface area contributed by atoms with Crippen LogP contribution in [0, 0.1) is 10.1 Å². The van der Waals surface area contributed by atoms with Gasteiger partial charge in [0.2, 0.25) is 0 Å². The monoisotopic (exact) mass is 341 g/mol. The van der Waals surface area contributed by atoms with Crippen molar-refractivity contribution >= 4 is 40.3 Å². The van der Waals surface area contributed by atoms with Crippen LogP contribution in [0.1, 0.15) is 44.9 Å². The van der Waals surface area contributed by atoms with Crippen LogP contribution in [-0.2, 0) is 0 Å². The van der Waals surface area contributed by atoms with E-state index in [9.17, 15) is 10.1 Å². The summed E-state index contributed by atoms with van der Waals surface area (Å²) in [4.78, 5) is 10.4. The normalized spacial score (nSPS) is 16.4. The highest BCUT2D eigenvalue weighted by Crippen LogP contribution is 2.26. The van der Waals surface area contributed by atoms with Gasteiger partial charge in [-0.2, -0.15) is 0 Å². The minimum absolute atomic E-state index is 0.0133. The van der Waals surface area contributed by atoms with Gasteiger partial charge < -0.3 is 10.6 Å². The molecule has 0 bridgehead atoms. The van der Waals surface area contributed by atoms with E-state index in [1.807, 2.05) is 0 Å². The average molecular weight is 342 g/mol. The van der Waals surface area contributed by atoms with E-state index in [-0.39, 0.29) is 5.69 Å². The smallest absolute Gasteiger partial charge is 0.271 e. The topological polar surface area (TPSA) is 67.2 Å². The lowest BCUT2D eigenvalue weighted by Crippen LogP contribution is -2.38. The fourth-order valence-corrected chi connectivity index (χ4v) is 3.11. The Hall–Kier alpha value is -1.40. The molecular formula is C15H20ClN3O2S. The number of nitrogens with one attached hydrogen (secondary N) is 2. The van der Waals surface area contributed by atoms with E-state index in [0.717, 1.165) is 12.8 Å². The van der Waals surface area contributed by atoms with Crippen LogP contribution in [0.3, 0.4) is 0 Å². The molecule has 1 aliphatic rings. The van der Waals surface area contributed by atoms with Gasteiger partial charge in [-0.1, -0.05) is 43.7 Å². The number of nitro groups is 1. The van der Waals surface area contributed by atoms with Gasteiger partial charge >= 0.3 is 0 Å². The quantitative estimate of drug-likeness (QED) is 0.476. The molecular weight excluding hydrogens is 322 g/mol. The molecule has 22 heavy (non-hydrogen) atoms. The molecule has 0 saturated heterocycles. The number of nitrogens with zero attached hydrogens (tertiary/aromatic N) is 1. The third-order valence-electron chi connectivity index (χ3n) is 3.85. The van der Waals surface area contributed by atoms with Gasteiger partial charge in [-0.15, -0.1) is 0 Å². The molecule has 0 aromatic heterocycles. The summed E-state index contributed by atoms with van der Waals surface area (Å²) in [5, 5.41) is 18.0. The summed E-state index contributed by atoms with van der Waals surface area (Å²) in [6.07, 6.45) is 8.48. The molecule has 1 aromatic carbocycles. The SMILES string of the molecule is O=[N+]([O-])c1ccc(Cl)c(NC(=S)NC2CCCCCCC2)c1. The summed E-state index contributed by atoms with van der Waals surface area (Å²) in [5.74, 6) is 0. The van der Waals surface area contributed by atoms with Crippen LogP contribution >= 0.6 is 23.8 Å². The van der Waals surface area contributed by atoms with Crippen LogP contribution in [0.4, 0.5) is 11.4 Å². The van der Waals surface area contributed by atoms with Crippen LogP contribution in [0.15, 0.2) is 18.2 Å². The van der Waals surface area contributed by atoms with Crippen LogP contribution < -0.4 is 10.6 Å². The van der Waals surface area contributed by atoms with Gasteiger partial charge in [0, 0.05) is 18.2 Å². The zero-order valence-electron chi connectivity index (χ0n) is 12.3. The molecule has 0 spiro atoms. The van der Waals surface area contributed by atoms with Gasteiger partial charge in [0.1, 0.15) is 0 Å². The maximum absolute atomic E-state index is 10.8. The molecule has 0 aliphatic heterocycles. The van der Waals surface area contributed by atoms with Crippen molar-refractivity contribution in [3.8, 4) is 0 Å². The molecule has 1 fully saturated rings. The molecule has 1 aliphatic carbocycles. The Labute approximate surface area is 140 Å². The van der Waals surface area contributed by atoms with Gasteiger partial charge in [-0.3, -0.25) is 10.1 Å². The maximum atomic E-state index is 10.8. The molecule has 120 valence electrons. The number of halogens is 1. The summed E-state index contributed by atoms with van der Waals surface area (Å²) in [7, 11) is 0. The van der Waals surface area contributed by atoms with E-state index in [1.54, 1.807) is 0 Å². The molecule has 5 nitrogen and oxygen atoms in total. The second-order valence-electron chi connectivity index (χ2n) is 5.56. The van der Waals surface area contributed by atoms with Gasteiger partial charge in [0.05, 0.1) is 15.6 Å². The van der Waals surface area contributed by atoms with Crippen LogP contribution in [0.2, 0.25) is 5.02 Å². The van der Waals surface area contributed by atoms with Crippen molar-refractivity contribution in [2.24, 2.45) is 0 Å². The number of nitro benzene ring substituents is 1. The highest BCUT2D eigenvalue weighted by Gasteiger charge is 2.14. The lowest BCUT2D eigenvalue weighted by Gasteiger charge is -2.23. The summed E-state index contributed by atoms with van der Waals surface area (Å²) in [6, 6.07) is 4.63. The second-order valence-corrected chi connectivity index (χ2v) is 6.38. The van der Waals surface area contributed by atoms with E-state index < -0.39 is 4.92 Å². The van der Waals surface area contributed by atoms with E-state index in [1.165, 1.54) is 50.3 Å². The molecule has 0 amide bonds. The van der Waals surface area contributed by atoms with E-state index in [0.29, 0.717) is 21.9 Å². The van der Waals surface area contributed by atoms with Crippen molar-refractivity contribution < 1.29 is 4.92 Å². The van der Waals surface area contributed by atoms with E-state index in [2.05, 4.69) is 10.6 Å². The largest absolute Gasteiger partial charge is 0.360 e. The van der Waals surface area contributed by atoms with E-state index in [4.69, 9.17) is 23.8 Å². The average Bonchev–Trinajstić information content (AvgIpc) is 2.44. The van der Waals surface area contributed by atoms with Crippen molar-refractivity contribution in [3.63, 3.8) is 0 Å². The molecule has 2 N–H and O–H groups in total. The Morgan fingerprint density at radius 1 is 1.23 bits per heavy atom. The van der Waals surface area contributed by atoms with Gasteiger partial charge in [0.15, 0.2) is 5.11 Å². The van der Waals surface area contributed by atoms with Crippen LogP contribution in [0.5, 0.6) is 0 Å². The molecule has 0 radical (unpaired) electrons. The minimum Gasteiger partial charge on any atom is -0.360 e.